The summed E-state index contributed by atoms with van der Waals surface area (Å²) in [6.07, 6.45) is 3.28. The average Bonchev–Trinajstić information content (AvgIpc) is 2.65. The second-order valence-corrected chi connectivity index (χ2v) is 2.55. The molecule has 3 rings (SSSR count). The van der Waals surface area contributed by atoms with Crippen LogP contribution in [0.15, 0.2) is 24.5 Å². The minimum atomic E-state index is 0.625. The number of tetrazole rings is 1. The molecule has 6 heteroatoms. The van der Waals surface area contributed by atoms with E-state index in [1.54, 1.807) is 16.9 Å². The van der Waals surface area contributed by atoms with Crippen LogP contribution in [-0.2, 0) is 0 Å². The molecule has 3 aromatic rings. The summed E-state index contributed by atoms with van der Waals surface area (Å²) in [4.78, 5) is 8.19. The lowest BCUT2D eigenvalue weighted by Gasteiger charge is -1.95. The van der Waals surface area contributed by atoms with Crippen molar-refractivity contribution in [3.63, 3.8) is 0 Å². The third-order valence-corrected chi connectivity index (χ3v) is 1.79. The number of rotatable bonds is 0. The lowest BCUT2D eigenvalue weighted by atomic mass is 10.4. The maximum Gasteiger partial charge on any atom is 0.198 e. The van der Waals surface area contributed by atoms with Crippen LogP contribution in [0.3, 0.4) is 0 Å². The molecule has 0 aromatic carbocycles. The Morgan fingerprint density at radius 2 is 2.23 bits per heavy atom. The summed E-state index contributed by atoms with van der Waals surface area (Å²) in [6, 6.07) is 3.70. The molecule has 3 heterocycles. The van der Waals surface area contributed by atoms with E-state index in [9.17, 15) is 0 Å². The van der Waals surface area contributed by atoms with Gasteiger partial charge in [0.15, 0.2) is 11.3 Å². The molecule has 0 spiro atoms. The van der Waals surface area contributed by atoms with E-state index in [-0.39, 0.29) is 0 Å². The van der Waals surface area contributed by atoms with Crippen molar-refractivity contribution >= 4 is 16.8 Å². The van der Waals surface area contributed by atoms with Gasteiger partial charge in [0.05, 0.1) is 6.20 Å². The van der Waals surface area contributed by atoms with Gasteiger partial charge >= 0.3 is 0 Å². The van der Waals surface area contributed by atoms with Gasteiger partial charge in [0.25, 0.3) is 0 Å². The third-order valence-electron chi connectivity index (χ3n) is 1.79. The largest absolute Gasteiger partial charge is 0.235 e. The van der Waals surface area contributed by atoms with Crippen LogP contribution in [0.4, 0.5) is 0 Å². The highest BCUT2D eigenvalue weighted by Crippen LogP contribution is 2.07. The summed E-state index contributed by atoms with van der Waals surface area (Å²) in [7, 11) is 0. The second-order valence-electron chi connectivity index (χ2n) is 2.55. The van der Waals surface area contributed by atoms with Crippen LogP contribution >= 0.6 is 0 Å². The van der Waals surface area contributed by atoms with Crippen molar-refractivity contribution in [3.05, 3.63) is 24.5 Å². The Bertz CT molecular complexity index is 571. The lowest BCUT2D eigenvalue weighted by Crippen LogP contribution is -1.93. The molecule has 0 unspecified atom stereocenters. The predicted octanol–water partition coefficient (Wildman–Crippen LogP) is 0.0675. The van der Waals surface area contributed by atoms with E-state index in [4.69, 9.17) is 0 Å². The molecule has 3 aromatic heterocycles. The fourth-order valence-electron chi connectivity index (χ4n) is 1.22. The smallest absolute Gasteiger partial charge is 0.198 e. The van der Waals surface area contributed by atoms with Gasteiger partial charge in [-0.3, -0.25) is 0 Å². The summed E-state index contributed by atoms with van der Waals surface area (Å²) in [5, 5.41) is 11.1. The zero-order valence-electron chi connectivity index (χ0n) is 6.49. The molecule has 0 aliphatic carbocycles. The SMILES string of the molecule is c1cnc2ncc3nnnn3c2c1. The lowest BCUT2D eigenvalue weighted by molar-refractivity contribution is 0.839. The number of pyridine rings is 1. The first-order chi connectivity index (χ1) is 6.45. The topological polar surface area (TPSA) is 68.9 Å². The van der Waals surface area contributed by atoms with Gasteiger partial charge in [-0.15, -0.1) is 5.10 Å². The third kappa shape index (κ3) is 0.792. The molecule has 0 radical (unpaired) electrons. The molecule has 0 bridgehead atoms. The first-order valence-electron chi connectivity index (χ1n) is 3.73. The normalized spacial score (nSPS) is 11.1. The summed E-state index contributed by atoms with van der Waals surface area (Å²) in [5.74, 6) is 0. The molecule has 0 amide bonds. The fraction of sp³-hybridized carbons (Fsp3) is 0. The number of aromatic nitrogens is 6. The maximum absolute atomic E-state index is 4.11. The minimum Gasteiger partial charge on any atom is -0.235 e. The molecule has 0 aliphatic heterocycles. The average molecular weight is 172 g/mol. The zero-order valence-corrected chi connectivity index (χ0v) is 6.49. The highest BCUT2D eigenvalue weighted by molar-refractivity contribution is 5.71. The highest BCUT2D eigenvalue weighted by Gasteiger charge is 2.02. The Kier molecular flexibility index (Phi) is 1.08. The van der Waals surface area contributed by atoms with Crippen molar-refractivity contribution in [1.29, 1.82) is 0 Å². The Morgan fingerprint density at radius 1 is 1.23 bits per heavy atom. The monoisotopic (exact) mass is 172 g/mol. The number of nitrogens with zero attached hydrogens (tertiary/aromatic N) is 6. The van der Waals surface area contributed by atoms with E-state index in [1.165, 1.54) is 0 Å². The van der Waals surface area contributed by atoms with Crippen molar-refractivity contribution in [2.75, 3.05) is 0 Å². The molecule has 0 saturated carbocycles. The van der Waals surface area contributed by atoms with E-state index < -0.39 is 0 Å². The summed E-state index contributed by atoms with van der Waals surface area (Å²) in [6.45, 7) is 0. The van der Waals surface area contributed by atoms with E-state index >= 15 is 0 Å². The second kappa shape index (κ2) is 2.19. The van der Waals surface area contributed by atoms with Crippen LogP contribution in [0.1, 0.15) is 0 Å². The highest BCUT2D eigenvalue weighted by atomic mass is 15.5. The molecule has 0 aliphatic rings. The number of fused-ring (bicyclic) bond motifs is 3. The fourth-order valence-corrected chi connectivity index (χ4v) is 1.22. The first-order valence-corrected chi connectivity index (χ1v) is 3.73. The van der Waals surface area contributed by atoms with Gasteiger partial charge in [-0.1, -0.05) is 0 Å². The van der Waals surface area contributed by atoms with Gasteiger partial charge in [-0.2, -0.15) is 4.52 Å². The number of hydrogen-bond donors (Lipinski definition) is 0. The molecular weight excluding hydrogens is 168 g/mol. The van der Waals surface area contributed by atoms with Crippen LogP contribution in [0.25, 0.3) is 16.8 Å². The van der Waals surface area contributed by atoms with Crippen molar-refractivity contribution in [2.24, 2.45) is 0 Å². The molecule has 62 valence electrons. The molecule has 0 atom stereocenters. The van der Waals surface area contributed by atoms with Gasteiger partial charge in [-0.25, -0.2) is 9.97 Å². The van der Waals surface area contributed by atoms with Crippen molar-refractivity contribution < 1.29 is 0 Å². The van der Waals surface area contributed by atoms with Gasteiger partial charge in [-0.05, 0) is 22.6 Å². The van der Waals surface area contributed by atoms with Crippen LogP contribution in [0, 0.1) is 0 Å². The standard InChI is InChI=1S/C7H4N6/c1-2-5-7(8-3-1)9-4-6-10-11-12-13(5)6/h1-4H. The first kappa shape index (κ1) is 6.41. The molecule has 0 fully saturated rings. The quantitative estimate of drug-likeness (QED) is 0.480. The van der Waals surface area contributed by atoms with Crippen LogP contribution in [0.5, 0.6) is 0 Å². The zero-order chi connectivity index (χ0) is 8.67. The van der Waals surface area contributed by atoms with Crippen molar-refractivity contribution in [2.45, 2.75) is 0 Å². The number of hydrogen-bond acceptors (Lipinski definition) is 5. The summed E-state index contributed by atoms with van der Waals surface area (Å²) in [5.41, 5.74) is 2.08. The van der Waals surface area contributed by atoms with Crippen LogP contribution < -0.4 is 0 Å². The van der Waals surface area contributed by atoms with Gasteiger partial charge in [0.2, 0.25) is 0 Å². The predicted molar refractivity (Wildman–Crippen MR) is 43.9 cm³/mol. The van der Waals surface area contributed by atoms with Crippen molar-refractivity contribution in [1.82, 2.24) is 30.0 Å². The van der Waals surface area contributed by atoms with Gasteiger partial charge in [0, 0.05) is 6.20 Å². The Labute approximate surface area is 72.2 Å². The summed E-state index contributed by atoms with van der Waals surface area (Å²) >= 11 is 0. The van der Waals surface area contributed by atoms with Gasteiger partial charge < -0.3 is 0 Å². The maximum atomic E-state index is 4.11. The Morgan fingerprint density at radius 3 is 3.23 bits per heavy atom. The molecule has 6 nitrogen and oxygen atoms in total. The molecule has 0 N–H and O–H groups in total. The van der Waals surface area contributed by atoms with E-state index in [2.05, 4.69) is 25.5 Å². The van der Waals surface area contributed by atoms with Crippen LogP contribution in [0.2, 0.25) is 0 Å². The Balaban J connectivity index is 2.65. The Hall–Kier alpha value is -2.11. The van der Waals surface area contributed by atoms with E-state index in [0.717, 1.165) is 5.52 Å². The van der Waals surface area contributed by atoms with Gasteiger partial charge in [0.1, 0.15) is 5.52 Å². The molecular formula is C7H4N6. The molecule has 0 saturated heterocycles. The van der Waals surface area contributed by atoms with E-state index in [1.807, 2.05) is 12.1 Å². The van der Waals surface area contributed by atoms with Crippen LogP contribution in [-0.4, -0.2) is 30.0 Å². The molecule has 13 heavy (non-hydrogen) atoms. The minimum absolute atomic E-state index is 0.625. The summed E-state index contributed by atoms with van der Waals surface area (Å²) < 4.78 is 1.61. The van der Waals surface area contributed by atoms with Crippen molar-refractivity contribution in [3.8, 4) is 0 Å². The van der Waals surface area contributed by atoms with E-state index in [0.29, 0.717) is 11.3 Å².